The number of ether oxygens (including phenoxy) is 3. The summed E-state index contributed by atoms with van der Waals surface area (Å²) >= 11 is 0. The summed E-state index contributed by atoms with van der Waals surface area (Å²) in [6.07, 6.45) is 4.59. The summed E-state index contributed by atoms with van der Waals surface area (Å²) in [5.41, 5.74) is 3.51. The molecule has 0 amide bonds. The molecule has 3 aromatic rings. The number of nitrogens with zero attached hydrogens (tertiary/aromatic N) is 2. The Balaban J connectivity index is 1.28. The van der Waals surface area contributed by atoms with Gasteiger partial charge in [-0.05, 0) is 53.8 Å². The molecule has 2 aliphatic heterocycles. The number of aliphatic hydroxyl groups is 1. The summed E-state index contributed by atoms with van der Waals surface area (Å²) in [5.74, 6) is 1.06. The zero-order valence-electron chi connectivity index (χ0n) is 21.4. The maximum atomic E-state index is 11.1. The van der Waals surface area contributed by atoms with E-state index in [2.05, 4.69) is 21.3 Å². The molecule has 3 heterocycles. The summed E-state index contributed by atoms with van der Waals surface area (Å²) in [5, 5.41) is 24.0. The van der Waals surface area contributed by atoms with Gasteiger partial charge >= 0.3 is 5.97 Å². The van der Waals surface area contributed by atoms with E-state index in [9.17, 15) is 9.90 Å². The van der Waals surface area contributed by atoms with E-state index in [4.69, 9.17) is 19.3 Å². The molecule has 2 aliphatic rings. The van der Waals surface area contributed by atoms with Crippen molar-refractivity contribution in [1.82, 2.24) is 15.2 Å². The fourth-order valence-corrected chi connectivity index (χ4v) is 5.22. The molecule has 2 aromatic carbocycles. The highest BCUT2D eigenvalue weighted by atomic mass is 16.6. The fourth-order valence-electron chi connectivity index (χ4n) is 5.22. The second-order valence-corrected chi connectivity index (χ2v) is 9.53. The van der Waals surface area contributed by atoms with Gasteiger partial charge in [0.1, 0.15) is 13.2 Å². The number of piperidine rings is 1. The third-order valence-corrected chi connectivity index (χ3v) is 7.21. The SMILES string of the molecule is COc1ccc2c(/C=C/C(=O)O)ccc(C(CO)N3CCC(NCc4ccc5c(c4)OCCO5)CC3)c2n1. The van der Waals surface area contributed by atoms with Crippen LogP contribution in [0, 0.1) is 0 Å². The number of fused-ring (bicyclic) bond motifs is 2. The predicted octanol–water partition coefficient (Wildman–Crippen LogP) is 3.40. The summed E-state index contributed by atoms with van der Waals surface area (Å²) < 4.78 is 16.7. The number of benzene rings is 2. The Hall–Kier alpha value is -3.66. The average Bonchev–Trinajstić information content (AvgIpc) is 2.96. The Kier molecular flexibility index (Phi) is 8.07. The van der Waals surface area contributed by atoms with Crippen LogP contribution in [0.1, 0.15) is 35.6 Å². The van der Waals surface area contributed by atoms with Crippen molar-refractivity contribution in [2.45, 2.75) is 31.5 Å². The fraction of sp³-hybridized carbons (Fsp3) is 0.379. The van der Waals surface area contributed by atoms with Crippen molar-refractivity contribution in [2.24, 2.45) is 0 Å². The van der Waals surface area contributed by atoms with Crippen LogP contribution < -0.4 is 19.5 Å². The van der Waals surface area contributed by atoms with Gasteiger partial charge in [0.05, 0.1) is 25.3 Å². The number of hydrogen-bond donors (Lipinski definition) is 3. The first-order chi connectivity index (χ1) is 18.6. The summed E-state index contributed by atoms with van der Waals surface area (Å²) in [7, 11) is 1.56. The number of aliphatic carboxylic acids is 1. The molecular weight excluding hydrogens is 486 g/mol. The first-order valence-corrected chi connectivity index (χ1v) is 12.9. The van der Waals surface area contributed by atoms with Gasteiger partial charge in [-0.1, -0.05) is 18.2 Å². The molecule has 1 atom stereocenters. The van der Waals surface area contributed by atoms with Crippen molar-refractivity contribution < 1.29 is 29.2 Å². The number of methoxy groups -OCH3 is 1. The molecular formula is C29H33N3O6. The van der Waals surface area contributed by atoms with Crippen LogP contribution in [0.5, 0.6) is 17.4 Å². The first kappa shape index (κ1) is 26.0. The lowest BCUT2D eigenvalue weighted by molar-refractivity contribution is -0.131. The van der Waals surface area contributed by atoms with Gasteiger partial charge in [0.2, 0.25) is 5.88 Å². The molecule has 200 valence electrons. The Morgan fingerprint density at radius 1 is 1.16 bits per heavy atom. The van der Waals surface area contributed by atoms with Crippen molar-refractivity contribution >= 4 is 22.9 Å². The zero-order valence-corrected chi connectivity index (χ0v) is 21.4. The second kappa shape index (κ2) is 11.8. The number of carboxylic acids is 1. The van der Waals surface area contributed by atoms with Gasteiger partial charge in [0, 0.05) is 43.2 Å². The third kappa shape index (κ3) is 5.75. The van der Waals surface area contributed by atoms with Gasteiger partial charge < -0.3 is 29.7 Å². The van der Waals surface area contributed by atoms with Gasteiger partial charge in [-0.15, -0.1) is 0 Å². The van der Waals surface area contributed by atoms with E-state index in [1.54, 1.807) is 19.3 Å². The van der Waals surface area contributed by atoms with E-state index in [-0.39, 0.29) is 12.6 Å². The largest absolute Gasteiger partial charge is 0.486 e. The van der Waals surface area contributed by atoms with E-state index in [1.807, 2.05) is 30.3 Å². The van der Waals surface area contributed by atoms with Crippen molar-refractivity contribution in [3.05, 3.63) is 65.2 Å². The minimum absolute atomic E-state index is 0.0480. The molecule has 9 nitrogen and oxygen atoms in total. The Bertz CT molecular complexity index is 1320. The topological polar surface area (TPSA) is 113 Å². The van der Waals surface area contributed by atoms with Crippen LogP contribution in [-0.4, -0.2) is 72.1 Å². The van der Waals surface area contributed by atoms with E-state index in [1.165, 1.54) is 0 Å². The van der Waals surface area contributed by atoms with Crippen molar-refractivity contribution in [2.75, 3.05) is 40.0 Å². The van der Waals surface area contributed by atoms with Crippen LogP contribution in [0.4, 0.5) is 0 Å². The second-order valence-electron chi connectivity index (χ2n) is 9.53. The molecule has 1 saturated heterocycles. The lowest BCUT2D eigenvalue weighted by Gasteiger charge is -2.37. The monoisotopic (exact) mass is 519 g/mol. The highest BCUT2D eigenvalue weighted by Crippen LogP contribution is 2.33. The Labute approximate surface area is 221 Å². The molecule has 5 rings (SSSR count). The zero-order chi connectivity index (χ0) is 26.5. The minimum Gasteiger partial charge on any atom is -0.486 e. The molecule has 0 bridgehead atoms. The van der Waals surface area contributed by atoms with Gasteiger partial charge in [0.15, 0.2) is 11.5 Å². The number of hydrogen-bond acceptors (Lipinski definition) is 8. The van der Waals surface area contributed by atoms with E-state index in [0.29, 0.717) is 30.7 Å². The summed E-state index contributed by atoms with van der Waals surface area (Å²) in [6.45, 7) is 3.53. The molecule has 38 heavy (non-hydrogen) atoms. The van der Waals surface area contributed by atoms with Gasteiger partial charge in [-0.25, -0.2) is 9.78 Å². The maximum Gasteiger partial charge on any atom is 0.328 e. The van der Waals surface area contributed by atoms with Crippen LogP contribution in [0.3, 0.4) is 0 Å². The highest BCUT2D eigenvalue weighted by Gasteiger charge is 2.27. The number of nitrogens with one attached hydrogen (secondary N) is 1. The van der Waals surface area contributed by atoms with E-state index < -0.39 is 5.97 Å². The molecule has 0 radical (unpaired) electrons. The number of likely N-dealkylation sites (tertiary alicyclic amines) is 1. The number of pyridine rings is 1. The minimum atomic E-state index is -1.01. The summed E-state index contributed by atoms with van der Waals surface area (Å²) in [6, 6.07) is 13.7. The molecule has 1 aromatic heterocycles. The number of rotatable bonds is 9. The third-order valence-electron chi connectivity index (χ3n) is 7.21. The van der Waals surface area contributed by atoms with Crippen LogP contribution in [0.25, 0.3) is 17.0 Å². The molecule has 3 N–H and O–H groups in total. The number of carbonyl (C=O) groups is 1. The van der Waals surface area contributed by atoms with Crippen molar-refractivity contribution in [3.63, 3.8) is 0 Å². The van der Waals surface area contributed by atoms with Crippen LogP contribution in [0.15, 0.2) is 48.5 Å². The standard InChI is InChI=1S/C29H33N3O6/c1-36-27-8-6-22-20(4-9-28(34)35)3-5-23(29(22)31-27)24(18-33)32-12-10-21(11-13-32)30-17-19-2-7-25-26(16-19)38-15-14-37-25/h2-9,16,21,24,30,33H,10-15,17-18H2,1H3,(H,34,35)/b9-4+. The molecule has 0 saturated carbocycles. The summed E-state index contributed by atoms with van der Waals surface area (Å²) in [4.78, 5) is 18.0. The molecule has 1 fully saturated rings. The number of carboxylic acid groups (broad SMARTS) is 1. The van der Waals surface area contributed by atoms with Crippen molar-refractivity contribution in [1.29, 1.82) is 0 Å². The molecule has 1 unspecified atom stereocenters. The first-order valence-electron chi connectivity index (χ1n) is 12.9. The maximum absolute atomic E-state index is 11.1. The molecule has 0 aliphatic carbocycles. The Morgan fingerprint density at radius 3 is 2.68 bits per heavy atom. The van der Waals surface area contributed by atoms with Crippen LogP contribution in [-0.2, 0) is 11.3 Å². The number of aromatic nitrogens is 1. The molecule has 9 heteroatoms. The van der Waals surface area contributed by atoms with Crippen molar-refractivity contribution in [3.8, 4) is 17.4 Å². The van der Waals surface area contributed by atoms with Crippen LogP contribution >= 0.6 is 0 Å². The van der Waals surface area contributed by atoms with Crippen LogP contribution in [0.2, 0.25) is 0 Å². The number of aliphatic hydroxyl groups excluding tert-OH is 1. The average molecular weight is 520 g/mol. The van der Waals surface area contributed by atoms with Gasteiger partial charge in [-0.2, -0.15) is 0 Å². The normalized spacial score (nSPS) is 17.1. The lowest BCUT2D eigenvalue weighted by atomic mass is 9.95. The van der Waals surface area contributed by atoms with E-state index in [0.717, 1.165) is 72.1 Å². The van der Waals surface area contributed by atoms with Gasteiger partial charge in [-0.3, -0.25) is 4.90 Å². The highest BCUT2D eigenvalue weighted by molar-refractivity contribution is 5.94. The lowest BCUT2D eigenvalue weighted by Crippen LogP contribution is -2.44. The van der Waals surface area contributed by atoms with Gasteiger partial charge in [0.25, 0.3) is 0 Å². The Morgan fingerprint density at radius 2 is 1.95 bits per heavy atom. The predicted molar refractivity (Wildman–Crippen MR) is 144 cm³/mol. The molecule has 0 spiro atoms. The quantitative estimate of drug-likeness (QED) is 0.366. The van der Waals surface area contributed by atoms with E-state index >= 15 is 0 Å². The smallest absolute Gasteiger partial charge is 0.328 e.